The molecule has 1 heterocycles. The Morgan fingerprint density at radius 3 is 2.57 bits per heavy atom. The molecule has 1 aromatic heterocycles. The number of nitrogens with one attached hydrogen (secondary N) is 1. The van der Waals surface area contributed by atoms with Crippen LogP contribution in [0.3, 0.4) is 0 Å². The molecular formula is C17H22FN3OS. The second kappa shape index (κ2) is 7.66. The van der Waals surface area contributed by atoms with Gasteiger partial charge >= 0.3 is 0 Å². The molecule has 4 nitrogen and oxygen atoms in total. The number of carbonyl (C=O) groups is 1. The first-order chi connectivity index (χ1) is 10.9. The van der Waals surface area contributed by atoms with E-state index in [9.17, 15) is 9.18 Å². The molecule has 0 aliphatic carbocycles. The van der Waals surface area contributed by atoms with E-state index in [2.05, 4.69) is 24.1 Å². The van der Waals surface area contributed by atoms with Gasteiger partial charge in [-0.25, -0.2) is 9.37 Å². The van der Waals surface area contributed by atoms with Gasteiger partial charge in [-0.2, -0.15) is 0 Å². The van der Waals surface area contributed by atoms with Crippen molar-refractivity contribution in [3.63, 3.8) is 0 Å². The second-order valence-electron chi connectivity index (χ2n) is 5.98. The van der Waals surface area contributed by atoms with Crippen LogP contribution in [0.5, 0.6) is 0 Å². The Kier molecular flexibility index (Phi) is 5.85. The fourth-order valence-electron chi connectivity index (χ4n) is 2.36. The minimum Gasteiger partial charge on any atom is -0.347 e. The Hall–Kier alpha value is -1.79. The predicted octanol–water partition coefficient (Wildman–Crippen LogP) is 3.36. The summed E-state index contributed by atoms with van der Waals surface area (Å²) >= 11 is 1.31. The molecule has 0 radical (unpaired) electrons. The molecule has 0 saturated carbocycles. The zero-order valence-corrected chi connectivity index (χ0v) is 14.4. The molecule has 0 bridgehead atoms. The van der Waals surface area contributed by atoms with Crippen molar-refractivity contribution in [2.45, 2.75) is 33.2 Å². The van der Waals surface area contributed by atoms with Gasteiger partial charge in [0, 0.05) is 18.2 Å². The molecule has 6 heteroatoms. The normalized spacial score (nSPS) is 12.4. The van der Waals surface area contributed by atoms with Gasteiger partial charge in [0.2, 0.25) is 0 Å². The maximum absolute atomic E-state index is 13.0. The lowest BCUT2D eigenvalue weighted by atomic mass is 10.0. The lowest BCUT2D eigenvalue weighted by Crippen LogP contribution is -2.41. The summed E-state index contributed by atoms with van der Waals surface area (Å²) < 4.78 is 13.0. The quantitative estimate of drug-likeness (QED) is 0.850. The van der Waals surface area contributed by atoms with E-state index in [4.69, 9.17) is 5.73 Å². The van der Waals surface area contributed by atoms with Crippen molar-refractivity contribution in [2.24, 2.45) is 11.7 Å². The molecule has 0 spiro atoms. The summed E-state index contributed by atoms with van der Waals surface area (Å²) in [5, 5.41) is 3.68. The van der Waals surface area contributed by atoms with Gasteiger partial charge in [-0.3, -0.25) is 4.79 Å². The van der Waals surface area contributed by atoms with Gasteiger partial charge in [0.05, 0.1) is 5.69 Å². The van der Waals surface area contributed by atoms with E-state index in [1.807, 2.05) is 0 Å². The fraction of sp³-hybridized carbons (Fsp3) is 0.412. The van der Waals surface area contributed by atoms with Gasteiger partial charge in [0.25, 0.3) is 5.91 Å². The highest BCUT2D eigenvalue weighted by Crippen LogP contribution is 2.28. The number of aromatic nitrogens is 1. The van der Waals surface area contributed by atoms with E-state index in [1.165, 1.54) is 23.5 Å². The van der Waals surface area contributed by atoms with Crippen molar-refractivity contribution in [1.29, 1.82) is 0 Å². The van der Waals surface area contributed by atoms with Crippen molar-refractivity contribution in [1.82, 2.24) is 10.3 Å². The van der Waals surface area contributed by atoms with E-state index in [1.54, 1.807) is 19.1 Å². The van der Waals surface area contributed by atoms with Crippen LogP contribution < -0.4 is 11.1 Å². The summed E-state index contributed by atoms with van der Waals surface area (Å²) in [6.45, 7) is 6.41. The number of aryl methyl sites for hydroxylation is 1. The Labute approximate surface area is 139 Å². The molecule has 0 fully saturated rings. The third-order valence-electron chi connectivity index (χ3n) is 3.47. The third-order valence-corrected chi connectivity index (χ3v) is 4.67. The molecule has 1 atom stereocenters. The van der Waals surface area contributed by atoms with E-state index in [0.717, 1.165) is 12.0 Å². The van der Waals surface area contributed by atoms with Crippen LogP contribution >= 0.6 is 11.3 Å². The minimum atomic E-state index is -0.292. The van der Waals surface area contributed by atoms with E-state index in [-0.39, 0.29) is 17.8 Å². The standard InChI is InChI=1S/C17H22FN3OS/c1-10(2)8-14(9-19)21-16(22)15-11(3)20-17(23-15)12-4-6-13(18)7-5-12/h4-7,10,14H,8-9,19H2,1-3H3,(H,21,22). The number of hydrogen-bond donors (Lipinski definition) is 2. The SMILES string of the molecule is Cc1nc(-c2ccc(F)cc2)sc1C(=O)NC(CN)CC(C)C. The van der Waals surface area contributed by atoms with Crippen LogP contribution in [0.25, 0.3) is 10.6 Å². The van der Waals surface area contributed by atoms with Gasteiger partial charge in [0.15, 0.2) is 0 Å². The number of nitrogens with two attached hydrogens (primary N) is 1. The first-order valence-electron chi connectivity index (χ1n) is 7.65. The fourth-order valence-corrected chi connectivity index (χ4v) is 3.33. The average molecular weight is 335 g/mol. The zero-order valence-electron chi connectivity index (χ0n) is 13.6. The smallest absolute Gasteiger partial charge is 0.263 e. The zero-order chi connectivity index (χ0) is 17.0. The molecule has 0 aliphatic rings. The molecule has 1 amide bonds. The molecule has 0 aliphatic heterocycles. The Bertz CT molecular complexity index is 667. The van der Waals surface area contributed by atoms with Crippen LogP contribution in [-0.4, -0.2) is 23.5 Å². The number of thiazole rings is 1. The van der Waals surface area contributed by atoms with Crippen molar-refractivity contribution in [3.05, 3.63) is 40.7 Å². The van der Waals surface area contributed by atoms with Crippen LogP contribution in [0.2, 0.25) is 0 Å². The van der Waals surface area contributed by atoms with E-state index < -0.39 is 0 Å². The number of carbonyl (C=O) groups excluding carboxylic acids is 1. The number of halogens is 1. The maximum atomic E-state index is 13.0. The summed E-state index contributed by atoms with van der Waals surface area (Å²) in [6.07, 6.45) is 0.838. The van der Waals surface area contributed by atoms with Gasteiger partial charge in [0.1, 0.15) is 15.7 Å². The van der Waals surface area contributed by atoms with E-state index in [0.29, 0.717) is 28.0 Å². The highest BCUT2D eigenvalue weighted by atomic mass is 32.1. The number of hydrogen-bond acceptors (Lipinski definition) is 4. The number of benzene rings is 1. The monoisotopic (exact) mass is 335 g/mol. The van der Waals surface area contributed by atoms with Gasteiger partial charge in [-0.1, -0.05) is 13.8 Å². The molecule has 23 heavy (non-hydrogen) atoms. The van der Waals surface area contributed by atoms with Crippen LogP contribution in [0.1, 0.15) is 35.6 Å². The number of rotatable bonds is 6. The summed E-state index contributed by atoms with van der Waals surface area (Å²) in [4.78, 5) is 17.5. The first kappa shape index (κ1) is 17.6. The Morgan fingerprint density at radius 2 is 2.00 bits per heavy atom. The molecule has 2 aromatic rings. The molecule has 124 valence electrons. The molecule has 2 rings (SSSR count). The lowest BCUT2D eigenvalue weighted by molar-refractivity contribution is 0.0937. The first-order valence-corrected chi connectivity index (χ1v) is 8.46. The van der Waals surface area contributed by atoms with Gasteiger partial charge in [-0.15, -0.1) is 11.3 Å². The predicted molar refractivity (Wildman–Crippen MR) is 92.0 cm³/mol. The maximum Gasteiger partial charge on any atom is 0.263 e. The topological polar surface area (TPSA) is 68.0 Å². The molecule has 0 saturated heterocycles. The summed E-state index contributed by atoms with van der Waals surface area (Å²) in [5.74, 6) is 0.0186. The molecule has 1 aromatic carbocycles. The van der Waals surface area contributed by atoms with Crippen molar-refractivity contribution < 1.29 is 9.18 Å². The average Bonchev–Trinajstić information content (AvgIpc) is 2.88. The Morgan fingerprint density at radius 1 is 1.35 bits per heavy atom. The molecule has 1 unspecified atom stereocenters. The van der Waals surface area contributed by atoms with Crippen molar-refractivity contribution in [3.8, 4) is 10.6 Å². The Balaban J connectivity index is 2.16. The largest absolute Gasteiger partial charge is 0.347 e. The summed E-state index contributed by atoms with van der Waals surface area (Å²) in [6, 6.07) is 6.06. The van der Waals surface area contributed by atoms with Crippen LogP contribution in [0, 0.1) is 18.7 Å². The number of nitrogens with zero attached hydrogens (tertiary/aromatic N) is 1. The third kappa shape index (κ3) is 4.59. The van der Waals surface area contributed by atoms with Crippen molar-refractivity contribution in [2.75, 3.05) is 6.54 Å². The summed E-state index contributed by atoms with van der Waals surface area (Å²) in [5.41, 5.74) is 7.21. The molecule has 3 N–H and O–H groups in total. The van der Waals surface area contributed by atoms with Crippen LogP contribution in [0.4, 0.5) is 4.39 Å². The van der Waals surface area contributed by atoms with Gasteiger partial charge in [-0.05, 0) is 43.5 Å². The van der Waals surface area contributed by atoms with Gasteiger partial charge < -0.3 is 11.1 Å². The highest BCUT2D eigenvalue weighted by molar-refractivity contribution is 7.17. The lowest BCUT2D eigenvalue weighted by Gasteiger charge is -2.18. The minimum absolute atomic E-state index is 0.0433. The van der Waals surface area contributed by atoms with Crippen LogP contribution in [-0.2, 0) is 0 Å². The summed E-state index contributed by atoms with van der Waals surface area (Å²) in [7, 11) is 0. The van der Waals surface area contributed by atoms with Crippen LogP contribution in [0.15, 0.2) is 24.3 Å². The van der Waals surface area contributed by atoms with E-state index >= 15 is 0 Å². The highest BCUT2D eigenvalue weighted by Gasteiger charge is 2.19. The van der Waals surface area contributed by atoms with Crippen molar-refractivity contribution >= 4 is 17.2 Å². The second-order valence-corrected chi connectivity index (χ2v) is 6.98. The number of amides is 1. The molecular weight excluding hydrogens is 313 g/mol.